The number of hydrogen-bond donors (Lipinski definition) is 2. The molecule has 3 unspecified atom stereocenters. The van der Waals surface area contributed by atoms with E-state index in [2.05, 4.69) is 19.2 Å². The van der Waals surface area contributed by atoms with Crippen molar-refractivity contribution in [3.8, 4) is 11.5 Å². The van der Waals surface area contributed by atoms with Crippen LogP contribution >= 0.6 is 11.8 Å². The summed E-state index contributed by atoms with van der Waals surface area (Å²) in [5.41, 5.74) is 0.943. The number of ether oxygens (including phenoxy) is 1. The van der Waals surface area contributed by atoms with Gasteiger partial charge in [-0.15, -0.1) is 0 Å². The van der Waals surface area contributed by atoms with Gasteiger partial charge in [-0.1, -0.05) is 19.4 Å². The SMILES string of the molecule is CCSC1CCCC1NC(C)c1ccc(OC)cc1O. The quantitative estimate of drug-likeness (QED) is 0.839. The fourth-order valence-corrected chi connectivity index (χ4v) is 4.17. The third-order valence-electron chi connectivity index (χ3n) is 4.00. The van der Waals surface area contributed by atoms with Crippen LogP contribution in [0.3, 0.4) is 0 Å². The molecule has 0 spiro atoms. The number of nitrogens with one attached hydrogen (secondary N) is 1. The largest absolute Gasteiger partial charge is 0.507 e. The van der Waals surface area contributed by atoms with Crippen LogP contribution < -0.4 is 10.1 Å². The van der Waals surface area contributed by atoms with Crippen LogP contribution in [-0.4, -0.2) is 29.3 Å². The Balaban J connectivity index is 2.02. The number of phenols is 1. The number of benzene rings is 1. The normalized spacial score (nSPS) is 23.8. The van der Waals surface area contributed by atoms with Crippen LogP contribution in [0.5, 0.6) is 11.5 Å². The number of thioether (sulfide) groups is 1. The van der Waals surface area contributed by atoms with E-state index in [-0.39, 0.29) is 6.04 Å². The fraction of sp³-hybridized carbons (Fsp3) is 0.625. The Morgan fingerprint density at radius 3 is 2.90 bits per heavy atom. The molecule has 0 saturated heterocycles. The summed E-state index contributed by atoms with van der Waals surface area (Å²) in [6.45, 7) is 4.34. The fourth-order valence-electron chi connectivity index (χ4n) is 2.96. The van der Waals surface area contributed by atoms with E-state index in [1.807, 2.05) is 23.9 Å². The van der Waals surface area contributed by atoms with Gasteiger partial charge in [0.05, 0.1) is 7.11 Å². The first-order chi connectivity index (χ1) is 9.65. The Hall–Kier alpha value is -0.870. The maximum atomic E-state index is 10.1. The lowest BCUT2D eigenvalue weighted by molar-refractivity contribution is 0.400. The molecule has 4 heteroatoms. The van der Waals surface area contributed by atoms with E-state index in [4.69, 9.17) is 4.74 Å². The first kappa shape index (κ1) is 15.5. The third kappa shape index (κ3) is 3.61. The molecular formula is C16H25NO2S. The molecule has 2 rings (SSSR count). The monoisotopic (exact) mass is 295 g/mol. The van der Waals surface area contributed by atoms with Gasteiger partial charge in [-0.05, 0) is 31.6 Å². The first-order valence-electron chi connectivity index (χ1n) is 7.40. The summed E-state index contributed by atoms with van der Waals surface area (Å²) in [5.74, 6) is 2.17. The van der Waals surface area contributed by atoms with Crippen LogP contribution in [0, 0.1) is 0 Å². The molecule has 1 aromatic carbocycles. The van der Waals surface area contributed by atoms with Crippen LogP contribution in [0.25, 0.3) is 0 Å². The van der Waals surface area contributed by atoms with Crippen LogP contribution in [0.15, 0.2) is 18.2 Å². The molecule has 3 nitrogen and oxygen atoms in total. The minimum absolute atomic E-state index is 0.156. The molecule has 0 aliphatic heterocycles. The molecule has 0 amide bonds. The molecule has 0 aromatic heterocycles. The molecule has 1 aromatic rings. The highest BCUT2D eigenvalue weighted by Crippen LogP contribution is 2.33. The van der Waals surface area contributed by atoms with Crippen LogP contribution in [0.1, 0.15) is 44.7 Å². The van der Waals surface area contributed by atoms with Gasteiger partial charge in [-0.3, -0.25) is 0 Å². The Bertz CT molecular complexity index is 438. The Kier molecular flexibility index (Phi) is 5.61. The second kappa shape index (κ2) is 7.23. The molecule has 3 atom stereocenters. The Morgan fingerprint density at radius 2 is 2.25 bits per heavy atom. The standard InChI is InChI=1S/C16H25NO2S/c1-4-20-16-7-5-6-14(16)17-11(2)13-9-8-12(19-3)10-15(13)18/h8-11,14,16-18H,4-7H2,1-3H3. The highest BCUT2D eigenvalue weighted by Gasteiger charge is 2.28. The molecule has 20 heavy (non-hydrogen) atoms. The minimum atomic E-state index is 0.156. The van der Waals surface area contributed by atoms with Gasteiger partial charge in [0.25, 0.3) is 0 Å². The zero-order valence-electron chi connectivity index (χ0n) is 12.6. The van der Waals surface area contributed by atoms with Crippen molar-refractivity contribution in [2.45, 2.75) is 50.4 Å². The summed E-state index contributed by atoms with van der Waals surface area (Å²) in [4.78, 5) is 0. The summed E-state index contributed by atoms with van der Waals surface area (Å²) in [7, 11) is 1.61. The van der Waals surface area contributed by atoms with Crippen LogP contribution in [0.2, 0.25) is 0 Å². The summed E-state index contributed by atoms with van der Waals surface area (Å²) in [6, 6.07) is 6.24. The molecule has 1 aliphatic carbocycles. The van der Waals surface area contributed by atoms with E-state index in [1.54, 1.807) is 13.2 Å². The number of hydrogen-bond acceptors (Lipinski definition) is 4. The molecule has 112 valence electrons. The van der Waals surface area contributed by atoms with E-state index >= 15 is 0 Å². The average molecular weight is 295 g/mol. The topological polar surface area (TPSA) is 41.5 Å². The zero-order valence-corrected chi connectivity index (χ0v) is 13.4. The number of aromatic hydroxyl groups is 1. The lowest BCUT2D eigenvalue weighted by Gasteiger charge is -2.25. The van der Waals surface area contributed by atoms with Gasteiger partial charge in [0.15, 0.2) is 0 Å². The Morgan fingerprint density at radius 1 is 1.45 bits per heavy atom. The molecule has 1 saturated carbocycles. The Labute approximate surface area is 126 Å². The summed E-state index contributed by atoms with van der Waals surface area (Å²) >= 11 is 2.05. The van der Waals surface area contributed by atoms with Gasteiger partial charge < -0.3 is 15.2 Å². The van der Waals surface area contributed by atoms with E-state index in [0.717, 1.165) is 5.56 Å². The van der Waals surface area contributed by atoms with Crippen molar-refractivity contribution in [1.29, 1.82) is 0 Å². The van der Waals surface area contributed by atoms with Crippen molar-refractivity contribution in [3.63, 3.8) is 0 Å². The number of phenolic OH excluding ortho intramolecular Hbond substituents is 1. The van der Waals surface area contributed by atoms with Gasteiger partial charge in [-0.25, -0.2) is 0 Å². The molecular weight excluding hydrogens is 270 g/mol. The van der Waals surface area contributed by atoms with Crippen molar-refractivity contribution in [1.82, 2.24) is 5.32 Å². The third-order valence-corrected chi connectivity index (χ3v) is 5.33. The van der Waals surface area contributed by atoms with Crippen molar-refractivity contribution < 1.29 is 9.84 Å². The van der Waals surface area contributed by atoms with Crippen molar-refractivity contribution in [3.05, 3.63) is 23.8 Å². The van der Waals surface area contributed by atoms with Crippen molar-refractivity contribution in [2.24, 2.45) is 0 Å². The van der Waals surface area contributed by atoms with Gasteiger partial charge >= 0.3 is 0 Å². The van der Waals surface area contributed by atoms with Crippen molar-refractivity contribution >= 4 is 11.8 Å². The second-order valence-corrected chi connectivity index (χ2v) is 6.86. The molecule has 2 N–H and O–H groups in total. The second-order valence-electron chi connectivity index (χ2n) is 5.34. The lowest BCUT2D eigenvalue weighted by Crippen LogP contribution is -2.36. The minimum Gasteiger partial charge on any atom is -0.507 e. The van der Waals surface area contributed by atoms with Crippen LogP contribution in [-0.2, 0) is 0 Å². The number of methoxy groups -OCH3 is 1. The molecule has 0 heterocycles. The number of rotatable bonds is 6. The highest BCUT2D eigenvalue weighted by molar-refractivity contribution is 7.99. The van der Waals surface area contributed by atoms with Gasteiger partial charge in [-0.2, -0.15) is 11.8 Å². The predicted octanol–water partition coefficient (Wildman–Crippen LogP) is 3.73. The first-order valence-corrected chi connectivity index (χ1v) is 8.45. The predicted molar refractivity (Wildman–Crippen MR) is 85.8 cm³/mol. The van der Waals surface area contributed by atoms with Gasteiger partial charge in [0.2, 0.25) is 0 Å². The maximum Gasteiger partial charge on any atom is 0.124 e. The summed E-state index contributed by atoms with van der Waals surface area (Å²) < 4.78 is 5.13. The molecule has 0 bridgehead atoms. The smallest absolute Gasteiger partial charge is 0.124 e. The van der Waals surface area contributed by atoms with E-state index in [9.17, 15) is 5.11 Å². The van der Waals surface area contributed by atoms with E-state index < -0.39 is 0 Å². The maximum absolute atomic E-state index is 10.1. The van der Waals surface area contributed by atoms with Crippen LogP contribution in [0.4, 0.5) is 0 Å². The molecule has 1 fully saturated rings. The zero-order chi connectivity index (χ0) is 14.5. The van der Waals surface area contributed by atoms with Gasteiger partial charge in [0.1, 0.15) is 11.5 Å². The average Bonchev–Trinajstić information content (AvgIpc) is 2.86. The van der Waals surface area contributed by atoms with E-state index in [1.165, 1.54) is 25.0 Å². The summed E-state index contributed by atoms with van der Waals surface area (Å²) in [5, 5.41) is 14.5. The van der Waals surface area contributed by atoms with Crippen molar-refractivity contribution in [2.75, 3.05) is 12.9 Å². The van der Waals surface area contributed by atoms with E-state index in [0.29, 0.717) is 22.8 Å². The molecule has 0 radical (unpaired) electrons. The highest BCUT2D eigenvalue weighted by atomic mass is 32.2. The lowest BCUT2D eigenvalue weighted by atomic mass is 10.1. The summed E-state index contributed by atoms with van der Waals surface area (Å²) in [6.07, 6.45) is 3.84. The molecule has 1 aliphatic rings. The van der Waals surface area contributed by atoms with Gasteiger partial charge in [0, 0.05) is 29.0 Å².